The van der Waals surface area contributed by atoms with Crippen LogP contribution in [-0.4, -0.2) is 28.7 Å². The molecular formula is C14H18N4O2. The minimum absolute atomic E-state index is 0.580. The second-order valence-electron chi connectivity index (χ2n) is 4.15. The molecule has 0 aliphatic heterocycles. The minimum atomic E-state index is 0.580. The van der Waals surface area contributed by atoms with Crippen LogP contribution in [-0.2, 0) is 6.54 Å². The number of nitrogens with one attached hydrogen (secondary N) is 1. The number of aromatic nitrogens is 3. The lowest BCUT2D eigenvalue weighted by Gasteiger charge is -2.08. The van der Waals surface area contributed by atoms with Gasteiger partial charge in [0.05, 0.1) is 13.7 Å². The van der Waals surface area contributed by atoms with Gasteiger partial charge >= 0.3 is 0 Å². The Morgan fingerprint density at radius 3 is 2.85 bits per heavy atom. The Labute approximate surface area is 118 Å². The first-order chi connectivity index (χ1) is 9.81. The summed E-state index contributed by atoms with van der Waals surface area (Å²) in [4.78, 5) is 12.3. The molecular weight excluding hydrogens is 256 g/mol. The van der Waals surface area contributed by atoms with Gasteiger partial charge in [-0.15, -0.1) is 0 Å². The molecule has 0 radical (unpaired) electrons. The topological polar surface area (TPSA) is 69.2 Å². The smallest absolute Gasteiger partial charge is 0.218 e. The van der Waals surface area contributed by atoms with E-state index >= 15 is 0 Å². The molecule has 2 heterocycles. The van der Waals surface area contributed by atoms with Gasteiger partial charge in [0.2, 0.25) is 11.8 Å². The summed E-state index contributed by atoms with van der Waals surface area (Å²) in [6, 6.07) is 5.59. The van der Waals surface area contributed by atoms with Crippen molar-refractivity contribution in [3.05, 3.63) is 36.3 Å². The summed E-state index contributed by atoms with van der Waals surface area (Å²) in [6.45, 7) is 3.33. The van der Waals surface area contributed by atoms with Crippen molar-refractivity contribution in [2.24, 2.45) is 0 Å². The maximum atomic E-state index is 5.46. The van der Waals surface area contributed by atoms with Gasteiger partial charge in [-0.25, -0.2) is 15.0 Å². The molecule has 0 fully saturated rings. The van der Waals surface area contributed by atoms with Gasteiger partial charge in [0.25, 0.3) is 0 Å². The number of hydrogen-bond donors (Lipinski definition) is 1. The monoisotopic (exact) mass is 274 g/mol. The quantitative estimate of drug-likeness (QED) is 0.835. The zero-order valence-electron chi connectivity index (χ0n) is 11.7. The summed E-state index contributed by atoms with van der Waals surface area (Å²) < 4.78 is 10.5. The molecule has 0 aliphatic rings. The molecule has 6 heteroatoms. The maximum Gasteiger partial charge on any atom is 0.218 e. The summed E-state index contributed by atoms with van der Waals surface area (Å²) in [6.07, 6.45) is 4.15. The van der Waals surface area contributed by atoms with Crippen molar-refractivity contribution < 1.29 is 9.47 Å². The lowest BCUT2D eigenvalue weighted by Crippen LogP contribution is -2.04. The first kappa shape index (κ1) is 14.0. The number of pyridine rings is 1. The van der Waals surface area contributed by atoms with E-state index in [1.807, 2.05) is 12.1 Å². The predicted molar refractivity (Wildman–Crippen MR) is 75.9 cm³/mol. The molecule has 0 saturated heterocycles. The minimum Gasteiger partial charge on any atom is -0.481 e. The highest BCUT2D eigenvalue weighted by Gasteiger charge is 2.01. The van der Waals surface area contributed by atoms with Gasteiger partial charge in [-0.3, -0.25) is 0 Å². The van der Waals surface area contributed by atoms with E-state index in [1.165, 1.54) is 6.33 Å². The predicted octanol–water partition coefficient (Wildman–Crippen LogP) is 2.28. The molecule has 6 nitrogen and oxygen atoms in total. The number of hydrogen-bond acceptors (Lipinski definition) is 6. The summed E-state index contributed by atoms with van der Waals surface area (Å²) in [7, 11) is 1.60. The molecule has 0 aliphatic carbocycles. The lowest BCUT2D eigenvalue weighted by molar-refractivity contribution is 0.305. The molecule has 0 spiro atoms. The fraction of sp³-hybridized carbons (Fsp3) is 0.357. The number of rotatable bonds is 7. The molecule has 20 heavy (non-hydrogen) atoms. The van der Waals surface area contributed by atoms with Crippen LogP contribution in [0.2, 0.25) is 0 Å². The standard InChI is InChI=1S/C14H18N4O2/c1-3-6-20-14-8-12(17-10-18-14)16-9-11-4-5-15-13(7-11)19-2/h4-5,7-8,10H,3,6,9H2,1-2H3,(H,16,17,18). The van der Waals surface area contributed by atoms with Crippen molar-refractivity contribution >= 4 is 5.82 Å². The number of ether oxygens (including phenoxy) is 2. The van der Waals surface area contributed by atoms with Crippen molar-refractivity contribution in [2.75, 3.05) is 19.0 Å². The van der Waals surface area contributed by atoms with E-state index in [4.69, 9.17) is 9.47 Å². The van der Waals surface area contributed by atoms with Crippen LogP contribution >= 0.6 is 0 Å². The zero-order chi connectivity index (χ0) is 14.2. The highest BCUT2D eigenvalue weighted by molar-refractivity contribution is 5.38. The van der Waals surface area contributed by atoms with Crippen molar-refractivity contribution in [1.82, 2.24) is 15.0 Å². The first-order valence-corrected chi connectivity index (χ1v) is 6.49. The molecule has 2 aromatic rings. The third kappa shape index (κ3) is 4.08. The summed E-state index contributed by atoms with van der Waals surface area (Å²) in [5.74, 6) is 1.90. The lowest BCUT2D eigenvalue weighted by atomic mass is 10.2. The third-order valence-electron chi connectivity index (χ3n) is 2.58. The van der Waals surface area contributed by atoms with Crippen molar-refractivity contribution in [2.45, 2.75) is 19.9 Å². The van der Waals surface area contributed by atoms with Crippen LogP contribution in [0.5, 0.6) is 11.8 Å². The Hall–Kier alpha value is -2.37. The molecule has 0 unspecified atom stereocenters. The summed E-state index contributed by atoms with van der Waals surface area (Å²) in [5.41, 5.74) is 1.06. The van der Waals surface area contributed by atoms with E-state index < -0.39 is 0 Å². The largest absolute Gasteiger partial charge is 0.481 e. The van der Waals surface area contributed by atoms with Crippen LogP contribution in [0.1, 0.15) is 18.9 Å². The number of nitrogens with zero attached hydrogens (tertiary/aromatic N) is 3. The van der Waals surface area contributed by atoms with Crippen LogP contribution in [0.15, 0.2) is 30.7 Å². The molecule has 1 N–H and O–H groups in total. The van der Waals surface area contributed by atoms with E-state index in [9.17, 15) is 0 Å². The van der Waals surface area contributed by atoms with Gasteiger partial charge in [0, 0.05) is 24.9 Å². The van der Waals surface area contributed by atoms with Gasteiger partial charge in [0.15, 0.2) is 0 Å². The fourth-order valence-corrected chi connectivity index (χ4v) is 1.59. The first-order valence-electron chi connectivity index (χ1n) is 6.49. The maximum absolute atomic E-state index is 5.46. The van der Waals surface area contributed by atoms with Crippen molar-refractivity contribution in [1.29, 1.82) is 0 Å². The molecule has 0 aromatic carbocycles. The Morgan fingerprint density at radius 1 is 1.15 bits per heavy atom. The number of methoxy groups -OCH3 is 1. The normalized spacial score (nSPS) is 10.1. The zero-order valence-corrected chi connectivity index (χ0v) is 11.7. The van der Waals surface area contributed by atoms with Crippen LogP contribution in [0.25, 0.3) is 0 Å². The number of anilines is 1. The molecule has 2 rings (SSSR count). The van der Waals surface area contributed by atoms with Gasteiger partial charge in [-0.1, -0.05) is 6.92 Å². The third-order valence-corrected chi connectivity index (χ3v) is 2.58. The Balaban J connectivity index is 1.95. The average Bonchev–Trinajstić information content (AvgIpc) is 2.51. The van der Waals surface area contributed by atoms with Crippen molar-refractivity contribution in [3.63, 3.8) is 0 Å². The van der Waals surface area contributed by atoms with E-state index in [0.717, 1.165) is 17.8 Å². The average molecular weight is 274 g/mol. The Morgan fingerprint density at radius 2 is 2.05 bits per heavy atom. The Kier molecular flexibility index (Phi) is 5.11. The molecule has 0 atom stereocenters. The van der Waals surface area contributed by atoms with Crippen LogP contribution in [0, 0.1) is 0 Å². The highest BCUT2D eigenvalue weighted by atomic mass is 16.5. The van der Waals surface area contributed by atoms with Crippen LogP contribution in [0.4, 0.5) is 5.82 Å². The second kappa shape index (κ2) is 7.28. The summed E-state index contributed by atoms with van der Waals surface area (Å²) in [5, 5.41) is 3.21. The molecule has 0 amide bonds. The molecule has 0 saturated carbocycles. The molecule has 106 valence electrons. The van der Waals surface area contributed by atoms with Gasteiger partial charge in [-0.05, 0) is 18.1 Å². The van der Waals surface area contributed by atoms with E-state index in [-0.39, 0.29) is 0 Å². The molecule has 0 bridgehead atoms. The highest BCUT2D eigenvalue weighted by Crippen LogP contribution is 2.14. The van der Waals surface area contributed by atoms with Crippen LogP contribution in [0.3, 0.4) is 0 Å². The fourth-order valence-electron chi connectivity index (χ4n) is 1.59. The van der Waals surface area contributed by atoms with Crippen LogP contribution < -0.4 is 14.8 Å². The van der Waals surface area contributed by atoms with E-state index in [1.54, 1.807) is 19.4 Å². The van der Waals surface area contributed by atoms with Crippen molar-refractivity contribution in [3.8, 4) is 11.8 Å². The van der Waals surface area contributed by atoms with Gasteiger partial charge in [0.1, 0.15) is 12.1 Å². The van der Waals surface area contributed by atoms with E-state index in [0.29, 0.717) is 24.9 Å². The Bertz CT molecular complexity index is 548. The van der Waals surface area contributed by atoms with Gasteiger partial charge < -0.3 is 14.8 Å². The second-order valence-corrected chi connectivity index (χ2v) is 4.15. The van der Waals surface area contributed by atoms with E-state index in [2.05, 4.69) is 27.2 Å². The molecule has 2 aromatic heterocycles. The summed E-state index contributed by atoms with van der Waals surface area (Å²) >= 11 is 0. The van der Waals surface area contributed by atoms with Gasteiger partial charge in [-0.2, -0.15) is 0 Å². The SMILES string of the molecule is CCCOc1cc(NCc2ccnc(OC)c2)ncn1.